The van der Waals surface area contributed by atoms with Crippen molar-refractivity contribution in [2.45, 2.75) is 18.9 Å². The maximum absolute atomic E-state index is 13.4. The van der Waals surface area contributed by atoms with Gasteiger partial charge < -0.3 is 14.3 Å². The lowest BCUT2D eigenvalue weighted by Gasteiger charge is -2.32. The molecular weight excluding hydrogens is 370 g/mol. The van der Waals surface area contributed by atoms with E-state index in [1.165, 1.54) is 29.1 Å². The largest absolute Gasteiger partial charge is 0.441 e. The van der Waals surface area contributed by atoms with Crippen LogP contribution in [0.25, 0.3) is 5.52 Å². The Morgan fingerprint density at radius 3 is 3.04 bits per heavy atom. The second kappa shape index (κ2) is 6.25. The summed E-state index contributed by atoms with van der Waals surface area (Å²) in [6.45, 7) is 0.386. The molecule has 10 heteroatoms. The highest BCUT2D eigenvalue weighted by Gasteiger charge is 2.37. The summed E-state index contributed by atoms with van der Waals surface area (Å²) in [6.07, 6.45) is 3.81. The van der Waals surface area contributed by atoms with Crippen LogP contribution in [0.2, 0.25) is 0 Å². The van der Waals surface area contributed by atoms with Gasteiger partial charge in [-0.15, -0.1) is 0 Å². The molecule has 0 unspecified atom stereocenters. The van der Waals surface area contributed by atoms with Crippen molar-refractivity contribution in [1.82, 2.24) is 29.5 Å². The van der Waals surface area contributed by atoms with Crippen molar-refractivity contribution in [3.8, 4) is 0 Å². The van der Waals surface area contributed by atoms with Crippen molar-refractivity contribution >= 4 is 11.4 Å². The third kappa shape index (κ3) is 2.48. The number of fused-ring (bicyclic) bond motifs is 2. The number of rotatable bonds is 3. The molecule has 1 atom stereocenters. The van der Waals surface area contributed by atoms with Crippen molar-refractivity contribution in [2.75, 3.05) is 6.54 Å². The number of imidazole rings is 1. The number of carbonyl (C=O) groups is 1. The molecule has 1 aliphatic heterocycles. The Morgan fingerprint density at radius 1 is 1.36 bits per heavy atom. The van der Waals surface area contributed by atoms with Crippen molar-refractivity contribution in [3.05, 3.63) is 71.7 Å². The number of oxazole rings is 1. The molecule has 0 radical (unpaired) electrons. The summed E-state index contributed by atoms with van der Waals surface area (Å²) in [5.74, 6) is -0.448. The van der Waals surface area contributed by atoms with E-state index in [-0.39, 0.29) is 11.5 Å². The van der Waals surface area contributed by atoms with Crippen LogP contribution < -0.4 is 0 Å². The second-order valence-electron chi connectivity index (χ2n) is 6.42. The highest BCUT2D eigenvalue weighted by atomic mass is 19.3. The van der Waals surface area contributed by atoms with Gasteiger partial charge in [-0.2, -0.15) is 5.10 Å². The molecule has 1 aliphatic rings. The maximum Gasteiger partial charge on any atom is 0.310 e. The van der Waals surface area contributed by atoms with Crippen LogP contribution in [-0.2, 0) is 6.42 Å². The van der Waals surface area contributed by atoms with E-state index in [9.17, 15) is 13.6 Å². The number of carbonyl (C=O) groups excluding carboxylic acids is 1. The fourth-order valence-corrected chi connectivity index (χ4v) is 3.62. The first-order valence-corrected chi connectivity index (χ1v) is 8.62. The van der Waals surface area contributed by atoms with E-state index in [0.717, 1.165) is 5.69 Å². The molecule has 0 bridgehead atoms. The first-order valence-electron chi connectivity index (χ1n) is 8.62. The first-order chi connectivity index (χ1) is 13.6. The molecule has 142 valence electrons. The molecule has 0 saturated heterocycles. The Labute approximate surface area is 156 Å². The summed E-state index contributed by atoms with van der Waals surface area (Å²) in [5.41, 5.74) is 2.13. The number of amides is 1. The number of hydrogen-bond donors (Lipinski definition) is 1. The van der Waals surface area contributed by atoms with Crippen LogP contribution in [0, 0.1) is 0 Å². The molecule has 8 nitrogen and oxygen atoms in total. The second-order valence-corrected chi connectivity index (χ2v) is 6.42. The number of pyridine rings is 1. The summed E-state index contributed by atoms with van der Waals surface area (Å²) in [7, 11) is 0. The van der Waals surface area contributed by atoms with Crippen LogP contribution in [0.4, 0.5) is 8.78 Å². The Hall–Kier alpha value is -3.56. The number of alkyl halides is 2. The zero-order valence-corrected chi connectivity index (χ0v) is 14.4. The van der Waals surface area contributed by atoms with Gasteiger partial charge in [0.25, 0.3) is 12.3 Å². The van der Waals surface area contributed by atoms with E-state index < -0.39 is 18.4 Å². The number of hydrogen-bond acceptors (Lipinski definition) is 5. The average Bonchev–Trinajstić information content (AvgIpc) is 3.45. The number of nitrogens with one attached hydrogen (secondary N) is 1. The monoisotopic (exact) mass is 384 g/mol. The molecule has 5 rings (SSSR count). The Bertz CT molecular complexity index is 1150. The van der Waals surface area contributed by atoms with Gasteiger partial charge in [-0.3, -0.25) is 4.79 Å². The van der Waals surface area contributed by atoms with Crippen molar-refractivity contribution in [2.24, 2.45) is 0 Å². The normalized spacial score (nSPS) is 16.7. The molecule has 4 aromatic rings. The van der Waals surface area contributed by atoms with Crippen LogP contribution in [-0.4, -0.2) is 41.9 Å². The van der Waals surface area contributed by atoms with Gasteiger partial charge in [0.2, 0.25) is 0 Å². The highest BCUT2D eigenvalue weighted by molar-refractivity contribution is 5.90. The van der Waals surface area contributed by atoms with Gasteiger partial charge in [-0.25, -0.2) is 23.3 Å². The minimum atomic E-state index is -2.63. The van der Waals surface area contributed by atoms with Gasteiger partial charge in [0.1, 0.15) is 12.3 Å². The van der Waals surface area contributed by atoms with Gasteiger partial charge in [-0.05, 0) is 18.2 Å². The summed E-state index contributed by atoms with van der Waals surface area (Å²) in [5, 5.41) is 4.46. The molecule has 5 heterocycles. The molecule has 1 amide bonds. The molecule has 0 spiro atoms. The van der Waals surface area contributed by atoms with E-state index >= 15 is 0 Å². The van der Waals surface area contributed by atoms with E-state index in [0.29, 0.717) is 29.9 Å². The lowest BCUT2D eigenvalue weighted by atomic mass is 9.99. The van der Waals surface area contributed by atoms with E-state index in [4.69, 9.17) is 4.42 Å². The molecule has 1 N–H and O–H groups in total. The van der Waals surface area contributed by atoms with Crippen molar-refractivity contribution in [3.63, 3.8) is 0 Å². The Morgan fingerprint density at radius 2 is 2.25 bits per heavy atom. The summed E-state index contributed by atoms with van der Waals surface area (Å²) in [4.78, 5) is 25.9. The van der Waals surface area contributed by atoms with Gasteiger partial charge in [0.15, 0.2) is 0 Å². The fraction of sp³-hybridized carbons (Fsp3) is 0.222. The standard InChI is InChI=1S/C18H14F2N6O2/c19-16(20)10-2-1-5-26-13(10)8-12(24-26)15-14-11(22-9-23-14)3-6-25(15)18(27)17-21-4-7-28-17/h1-2,4-5,7-9,15-16H,3,6H2,(H,22,23)/t15-/m1/s1. The lowest BCUT2D eigenvalue weighted by molar-refractivity contribution is 0.0646. The van der Waals surface area contributed by atoms with Crippen molar-refractivity contribution in [1.29, 1.82) is 0 Å². The maximum atomic E-state index is 13.4. The quantitative estimate of drug-likeness (QED) is 0.586. The lowest BCUT2D eigenvalue weighted by Crippen LogP contribution is -2.41. The number of H-pyrrole nitrogens is 1. The molecule has 0 fully saturated rings. The highest BCUT2D eigenvalue weighted by Crippen LogP contribution is 2.35. The molecule has 4 aromatic heterocycles. The Kier molecular flexibility index (Phi) is 3.71. The Balaban J connectivity index is 1.65. The van der Waals surface area contributed by atoms with Gasteiger partial charge in [-0.1, -0.05) is 0 Å². The van der Waals surface area contributed by atoms with Gasteiger partial charge >= 0.3 is 5.91 Å². The number of aromatic amines is 1. The average molecular weight is 384 g/mol. The zero-order valence-electron chi connectivity index (χ0n) is 14.4. The third-order valence-electron chi connectivity index (χ3n) is 4.87. The topological polar surface area (TPSA) is 92.3 Å². The zero-order chi connectivity index (χ0) is 19.3. The predicted octanol–water partition coefficient (Wildman–Crippen LogP) is 2.77. The SMILES string of the molecule is O=C(c1ncco1)N1CCc2[nH]cnc2[C@H]1c1cc2c(C(F)F)cccn2n1. The minimum Gasteiger partial charge on any atom is -0.441 e. The number of halogens is 2. The summed E-state index contributed by atoms with van der Waals surface area (Å²) >= 11 is 0. The van der Waals surface area contributed by atoms with Crippen molar-refractivity contribution < 1.29 is 18.0 Å². The minimum absolute atomic E-state index is 0.0407. The van der Waals surface area contributed by atoms with E-state index in [1.54, 1.807) is 23.5 Å². The number of aromatic nitrogens is 5. The molecule has 28 heavy (non-hydrogen) atoms. The summed E-state index contributed by atoms with van der Waals surface area (Å²) < 4.78 is 33.3. The van der Waals surface area contributed by atoms with Crippen LogP contribution >= 0.6 is 0 Å². The predicted molar refractivity (Wildman–Crippen MR) is 91.8 cm³/mol. The smallest absolute Gasteiger partial charge is 0.310 e. The first kappa shape index (κ1) is 16.6. The molecule has 0 saturated carbocycles. The van der Waals surface area contributed by atoms with Crippen LogP contribution in [0.1, 0.15) is 45.8 Å². The van der Waals surface area contributed by atoms with Gasteiger partial charge in [0.05, 0.1) is 29.4 Å². The fourth-order valence-electron chi connectivity index (χ4n) is 3.62. The number of nitrogens with zero attached hydrogens (tertiary/aromatic N) is 5. The molecule has 0 aliphatic carbocycles. The van der Waals surface area contributed by atoms with Crippen LogP contribution in [0.15, 0.2) is 47.6 Å². The van der Waals surface area contributed by atoms with Crippen LogP contribution in [0.5, 0.6) is 0 Å². The van der Waals surface area contributed by atoms with Crippen LogP contribution in [0.3, 0.4) is 0 Å². The van der Waals surface area contributed by atoms with E-state index in [1.807, 2.05) is 0 Å². The summed E-state index contributed by atoms with van der Waals surface area (Å²) in [6, 6.07) is 3.81. The van der Waals surface area contributed by atoms with E-state index in [2.05, 4.69) is 20.1 Å². The molecular formula is C18H14F2N6O2. The molecule has 0 aromatic carbocycles. The van der Waals surface area contributed by atoms with Gasteiger partial charge in [0, 0.05) is 30.4 Å². The third-order valence-corrected chi connectivity index (χ3v) is 4.87.